The summed E-state index contributed by atoms with van der Waals surface area (Å²) in [4.78, 5) is 1.39. The molecular formula is C12H18S2. The lowest BCUT2D eigenvalue weighted by atomic mass is 10.2. The molecule has 0 aromatic heterocycles. The van der Waals surface area contributed by atoms with Crippen molar-refractivity contribution in [3.8, 4) is 0 Å². The number of thioether (sulfide) groups is 1. The monoisotopic (exact) mass is 226 g/mol. The Hall–Kier alpha value is -0.0800. The van der Waals surface area contributed by atoms with E-state index in [0.29, 0.717) is 0 Å². The Bertz CT molecular complexity index is 221. The van der Waals surface area contributed by atoms with E-state index >= 15 is 0 Å². The van der Waals surface area contributed by atoms with Gasteiger partial charge in [-0.15, -0.1) is 11.8 Å². The maximum atomic E-state index is 4.20. The topological polar surface area (TPSA) is 0 Å². The molecule has 78 valence electrons. The summed E-state index contributed by atoms with van der Waals surface area (Å²) in [6.07, 6.45) is 5.27. The van der Waals surface area contributed by atoms with E-state index in [9.17, 15) is 0 Å². The van der Waals surface area contributed by atoms with Gasteiger partial charge in [-0.2, -0.15) is 12.6 Å². The van der Waals surface area contributed by atoms with Crippen molar-refractivity contribution in [1.29, 1.82) is 0 Å². The second-order valence-electron chi connectivity index (χ2n) is 3.30. The Morgan fingerprint density at radius 2 is 1.64 bits per heavy atom. The number of hydrogen-bond acceptors (Lipinski definition) is 2. The largest absolute Gasteiger partial charge is 0.179 e. The highest BCUT2D eigenvalue weighted by Gasteiger charge is 1.92. The van der Waals surface area contributed by atoms with Crippen molar-refractivity contribution in [2.45, 2.75) is 30.6 Å². The lowest BCUT2D eigenvalue weighted by Crippen LogP contribution is -1.82. The molecule has 0 bridgehead atoms. The highest BCUT2D eigenvalue weighted by Crippen LogP contribution is 2.18. The molecule has 0 saturated heterocycles. The van der Waals surface area contributed by atoms with Crippen LogP contribution < -0.4 is 0 Å². The van der Waals surface area contributed by atoms with E-state index in [2.05, 4.69) is 43.0 Å². The summed E-state index contributed by atoms with van der Waals surface area (Å²) in [6.45, 7) is 0. The summed E-state index contributed by atoms with van der Waals surface area (Å²) in [5.74, 6) is 2.28. The summed E-state index contributed by atoms with van der Waals surface area (Å²) in [7, 11) is 0. The molecule has 2 heteroatoms. The average molecular weight is 226 g/mol. The standard InChI is InChI=1S/C12H18S2/c13-10-6-1-2-7-11-14-12-8-4-3-5-9-12/h3-5,8-9,13H,1-2,6-7,10-11H2. The number of thiol groups is 1. The first-order chi connectivity index (χ1) is 6.93. The second-order valence-corrected chi connectivity index (χ2v) is 4.91. The third-order valence-electron chi connectivity index (χ3n) is 2.06. The lowest BCUT2D eigenvalue weighted by molar-refractivity contribution is 0.712. The summed E-state index contributed by atoms with van der Waals surface area (Å²) in [6, 6.07) is 10.6. The third kappa shape index (κ3) is 5.61. The Morgan fingerprint density at radius 3 is 2.36 bits per heavy atom. The fourth-order valence-electron chi connectivity index (χ4n) is 1.27. The third-order valence-corrected chi connectivity index (χ3v) is 3.48. The van der Waals surface area contributed by atoms with Crippen LogP contribution >= 0.6 is 24.4 Å². The van der Waals surface area contributed by atoms with Crippen LogP contribution in [0.15, 0.2) is 35.2 Å². The van der Waals surface area contributed by atoms with Gasteiger partial charge in [0.15, 0.2) is 0 Å². The molecule has 0 amide bonds. The molecule has 0 aliphatic carbocycles. The van der Waals surface area contributed by atoms with Crippen molar-refractivity contribution in [1.82, 2.24) is 0 Å². The Kier molecular flexibility index (Phi) is 7.06. The Labute approximate surface area is 96.9 Å². The van der Waals surface area contributed by atoms with Crippen LogP contribution in [0.3, 0.4) is 0 Å². The van der Waals surface area contributed by atoms with Crippen LogP contribution in [-0.4, -0.2) is 11.5 Å². The summed E-state index contributed by atoms with van der Waals surface area (Å²) in [5.41, 5.74) is 0. The van der Waals surface area contributed by atoms with E-state index in [1.54, 1.807) is 0 Å². The van der Waals surface area contributed by atoms with Crippen LogP contribution in [0.4, 0.5) is 0 Å². The van der Waals surface area contributed by atoms with E-state index in [-0.39, 0.29) is 0 Å². The van der Waals surface area contributed by atoms with E-state index in [1.807, 2.05) is 11.8 Å². The highest BCUT2D eigenvalue weighted by atomic mass is 32.2. The maximum absolute atomic E-state index is 4.20. The SMILES string of the molecule is SCCCCCCSc1ccccc1. The molecule has 0 aliphatic rings. The number of unbranched alkanes of at least 4 members (excludes halogenated alkanes) is 3. The van der Waals surface area contributed by atoms with Crippen LogP contribution in [0.2, 0.25) is 0 Å². The fraction of sp³-hybridized carbons (Fsp3) is 0.500. The summed E-state index contributed by atoms with van der Waals surface area (Å²) in [5, 5.41) is 0. The van der Waals surface area contributed by atoms with Gasteiger partial charge in [0.1, 0.15) is 0 Å². The molecule has 0 spiro atoms. The zero-order valence-electron chi connectivity index (χ0n) is 8.48. The van der Waals surface area contributed by atoms with Crippen LogP contribution in [0, 0.1) is 0 Å². The first-order valence-electron chi connectivity index (χ1n) is 5.22. The molecule has 0 heterocycles. The summed E-state index contributed by atoms with van der Waals surface area (Å²) < 4.78 is 0. The minimum absolute atomic E-state index is 1.03. The molecule has 1 aromatic rings. The van der Waals surface area contributed by atoms with Gasteiger partial charge < -0.3 is 0 Å². The number of benzene rings is 1. The molecule has 14 heavy (non-hydrogen) atoms. The van der Waals surface area contributed by atoms with Crippen molar-refractivity contribution < 1.29 is 0 Å². The molecule has 1 rings (SSSR count). The molecule has 0 unspecified atom stereocenters. The minimum Gasteiger partial charge on any atom is -0.179 e. The van der Waals surface area contributed by atoms with Crippen LogP contribution in [0.25, 0.3) is 0 Å². The predicted molar refractivity (Wildman–Crippen MR) is 69.5 cm³/mol. The van der Waals surface area contributed by atoms with E-state index in [0.717, 1.165) is 5.75 Å². The van der Waals surface area contributed by atoms with Crippen molar-refractivity contribution in [3.05, 3.63) is 30.3 Å². The number of hydrogen-bond donors (Lipinski definition) is 1. The molecule has 0 nitrogen and oxygen atoms in total. The van der Waals surface area contributed by atoms with Gasteiger partial charge in [0.2, 0.25) is 0 Å². The first kappa shape index (κ1) is 12.0. The average Bonchev–Trinajstić information content (AvgIpc) is 2.25. The zero-order chi connectivity index (χ0) is 10.1. The smallest absolute Gasteiger partial charge is 0.00719 e. The Balaban J connectivity index is 1.99. The van der Waals surface area contributed by atoms with E-state index < -0.39 is 0 Å². The molecule has 0 aliphatic heterocycles. The van der Waals surface area contributed by atoms with Crippen molar-refractivity contribution in [2.75, 3.05) is 11.5 Å². The van der Waals surface area contributed by atoms with Crippen LogP contribution in [-0.2, 0) is 0 Å². The fourth-order valence-corrected chi connectivity index (χ4v) is 2.43. The molecule has 0 saturated carbocycles. The molecule has 0 atom stereocenters. The van der Waals surface area contributed by atoms with E-state index in [1.165, 1.54) is 36.3 Å². The van der Waals surface area contributed by atoms with Gasteiger partial charge in [-0.1, -0.05) is 31.0 Å². The summed E-state index contributed by atoms with van der Waals surface area (Å²) >= 11 is 6.16. The van der Waals surface area contributed by atoms with Gasteiger partial charge in [-0.05, 0) is 36.5 Å². The molecular weight excluding hydrogens is 208 g/mol. The highest BCUT2D eigenvalue weighted by molar-refractivity contribution is 7.99. The van der Waals surface area contributed by atoms with Gasteiger partial charge in [-0.3, -0.25) is 0 Å². The normalized spacial score (nSPS) is 10.4. The van der Waals surface area contributed by atoms with Crippen LogP contribution in [0.5, 0.6) is 0 Å². The molecule has 0 radical (unpaired) electrons. The van der Waals surface area contributed by atoms with Crippen LogP contribution in [0.1, 0.15) is 25.7 Å². The van der Waals surface area contributed by atoms with Gasteiger partial charge in [-0.25, -0.2) is 0 Å². The molecule has 0 N–H and O–H groups in total. The van der Waals surface area contributed by atoms with Crippen molar-refractivity contribution in [2.24, 2.45) is 0 Å². The lowest BCUT2D eigenvalue weighted by Gasteiger charge is -2.00. The number of rotatable bonds is 7. The quantitative estimate of drug-likeness (QED) is 0.411. The molecule has 0 fully saturated rings. The van der Waals surface area contributed by atoms with Gasteiger partial charge in [0.05, 0.1) is 0 Å². The van der Waals surface area contributed by atoms with E-state index in [4.69, 9.17) is 0 Å². The second kappa shape index (κ2) is 8.25. The zero-order valence-corrected chi connectivity index (χ0v) is 10.2. The van der Waals surface area contributed by atoms with Gasteiger partial charge in [0, 0.05) is 4.90 Å². The first-order valence-corrected chi connectivity index (χ1v) is 6.84. The maximum Gasteiger partial charge on any atom is 0.00719 e. The van der Waals surface area contributed by atoms with Gasteiger partial charge >= 0.3 is 0 Å². The van der Waals surface area contributed by atoms with Crippen molar-refractivity contribution in [3.63, 3.8) is 0 Å². The molecule has 1 aromatic carbocycles. The van der Waals surface area contributed by atoms with Gasteiger partial charge in [0.25, 0.3) is 0 Å². The van der Waals surface area contributed by atoms with Crippen molar-refractivity contribution >= 4 is 24.4 Å². The Morgan fingerprint density at radius 1 is 0.929 bits per heavy atom. The predicted octanol–water partition coefficient (Wildman–Crippen LogP) is 4.27. The minimum atomic E-state index is 1.03.